The Morgan fingerprint density at radius 2 is 2.23 bits per heavy atom. The van der Waals surface area contributed by atoms with Gasteiger partial charge in [-0.15, -0.1) is 24.0 Å². The first-order valence-electron chi connectivity index (χ1n) is 8.83. The van der Waals surface area contributed by atoms with Crippen molar-refractivity contribution in [3.63, 3.8) is 0 Å². The molecule has 5 nitrogen and oxygen atoms in total. The summed E-state index contributed by atoms with van der Waals surface area (Å²) in [6.45, 7) is 5.02. The van der Waals surface area contributed by atoms with E-state index in [0.29, 0.717) is 18.6 Å². The van der Waals surface area contributed by atoms with E-state index in [4.69, 9.17) is 16.7 Å². The minimum Gasteiger partial charge on any atom is -0.353 e. The maximum atomic E-state index is 6.04. The van der Waals surface area contributed by atoms with Gasteiger partial charge < -0.3 is 10.6 Å². The van der Waals surface area contributed by atoms with Gasteiger partial charge in [0.05, 0.1) is 5.69 Å². The summed E-state index contributed by atoms with van der Waals surface area (Å²) < 4.78 is 2.07. The number of rotatable bonds is 4. The third-order valence-corrected chi connectivity index (χ3v) is 4.77. The molecule has 1 unspecified atom stereocenters. The molecule has 7 heteroatoms. The van der Waals surface area contributed by atoms with Crippen molar-refractivity contribution in [2.75, 3.05) is 7.05 Å². The van der Waals surface area contributed by atoms with E-state index in [-0.39, 0.29) is 24.0 Å². The number of fused-ring (bicyclic) bond motifs is 1. The van der Waals surface area contributed by atoms with Gasteiger partial charge in [-0.1, -0.05) is 23.7 Å². The highest BCUT2D eigenvalue weighted by molar-refractivity contribution is 14.0. The highest BCUT2D eigenvalue weighted by atomic mass is 127. The topological polar surface area (TPSA) is 54.2 Å². The van der Waals surface area contributed by atoms with Crippen molar-refractivity contribution in [3.05, 3.63) is 52.3 Å². The Hall–Kier alpha value is -1.28. The van der Waals surface area contributed by atoms with Gasteiger partial charge in [0.25, 0.3) is 0 Å². The smallest absolute Gasteiger partial charge is 0.191 e. The van der Waals surface area contributed by atoms with E-state index >= 15 is 0 Å². The molecule has 1 heterocycles. The van der Waals surface area contributed by atoms with Crippen LogP contribution in [0.5, 0.6) is 0 Å². The first-order valence-corrected chi connectivity index (χ1v) is 9.21. The Morgan fingerprint density at radius 3 is 2.92 bits per heavy atom. The van der Waals surface area contributed by atoms with Crippen LogP contribution in [0.15, 0.2) is 35.5 Å². The van der Waals surface area contributed by atoms with E-state index in [9.17, 15) is 0 Å². The number of aryl methyl sites for hydroxylation is 1. The Morgan fingerprint density at radius 1 is 1.42 bits per heavy atom. The SMILES string of the molecule is CN=C(NCc1cccc(Cl)c1)NC1CCc2cn(C(C)C)nc2C1.I. The summed E-state index contributed by atoms with van der Waals surface area (Å²) >= 11 is 6.04. The Balaban J connectivity index is 0.00000243. The molecule has 0 bridgehead atoms. The van der Waals surface area contributed by atoms with Crippen LogP contribution in [-0.2, 0) is 19.4 Å². The van der Waals surface area contributed by atoms with Crippen LogP contribution in [0.2, 0.25) is 5.02 Å². The second-order valence-corrected chi connectivity index (χ2v) is 7.25. The summed E-state index contributed by atoms with van der Waals surface area (Å²) in [7, 11) is 1.80. The standard InChI is InChI=1S/C19H26ClN5.HI/c1-13(2)25-12-15-7-8-17(10-18(15)24-25)23-19(21-3)22-11-14-5-4-6-16(20)9-14;/h4-6,9,12-13,17H,7-8,10-11H2,1-3H3,(H2,21,22,23);1H. The van der Waals surface area contributed by atoms with Crippen LogP contribution in [0.3, 0.4) is 0 Å². The van der Waals surface area contributed by atoms with Crippen LogP contribution in [0.1, 0.15) is 43.1 Å². The molecule has 2 aromatic rings. The molecule has 1 aliphatic rings. The summed E-state index contributed by atoms with van der Waals surface area (Å²) in [6.07, 6.45) is 5.29. The second-order valence-electron chi connectivity index (χ2n) is 6.81. The van der Waals surface area contributed by atoms with Crippen molar-refractivity contribution < 1.29 is 0 Å². The van der Waals surface area contributed by atoms with Gasteiger partial charge in [0.15, 0.2) is 5.96 Å². The highest BCUT2D eigenvalue weighted by Crippen LogP contribution is 2.21. The maximum absolute atomic E-state index is 6.04. The first-order chi connectivity index (χ1) is 12.0. The Labute approximate surface area is 177 Å². The lowest BCUT2D eigenvalue weighted by Crippen LogP contribution is -2.45. The molecule has 26 heavy (non-hydrogen) atoms. The molecule has 1 aliphatic carbocycles. The van der Waals surface area contributed by atoms with Crippen LogP contribution in [-0.4, -0.2) is 28.8 Å². The van der Waals surface area contributed by atoms with Gasteiger partial charge >= 0.3 is 0 Å². The number of benzene rings is 1. The fourth-order valence-corrected chi connectivity index (χ4v) is 3.33. The summed E-state index contributed by atoms with van der Waals surface area (Å²) in [5.41, 5.74) is 3.73. The average molecular weight is 488 g/mol. The van der Waals surface area contributed by atoms with Crippen molar-refractivity contribution in [3.8, 4) is 0 Å². The third kappa shape index (κ3) is 5.36. The largest absolute Gasteiger partial charge is 0.353 e. The maximum Gasteiger partial charge on any atom is 0.191 e. The molecule has 0 spiro atoms. The highest BCUT2D eigenvalue weighted by Gasteiger charge is 2.22. The van der Waals surface area contributed by atoms with Gasteiger partial charge in [-0.05, 0) is 49.9 Å². The Kier molecular flexibility index (Phi) is 7.76. The van der Waals surface area contributed by atoms with E-state index in [0.717, 1.165) is 35.8 Å². The van der Waals surface area contributed by atoms with Gasteiger partial charge in [0.2, 0.25) is 0 Å². The summed E-state index contributed by atoms with van der Waals surface area (Å²) in [5, 5.41) is 12.4. The fraction of sp³-hybridized carbons (Fsp3) is 0.474. The number of aliphatic imine (C=N–C) groups is 1. The number of nitrogens with one attached hydrogen (secondary N) is 2. The molecule has 1 atom stereocenters. The van der Waals surface area contributed by atoms with Crippen LogP contribution >= 0.6 is 35.6 Å². The zero-order valence-electron chi connectivity index (χ0n) is 15.5. The van der Waals surface area contributed by atoms with Gasteiger partial charge in [-0.25, -0.2) is 0 Å². The zero-order chi connectivity index (χ0) is 17.8. The summed E-state index contributed by atoms with van der Waals surface area (Å²) in [4.78, 5) is 4.34. The molecule has 0 radical (unpaired) electrons. The molecule has 0 fully saturated rings. The molecule has 142 valence electrons. The van der Waals surface area contributed by atoms with Crippen molar-refractivity contribution in [1.82, 2.24) is 20.4 Å². The second kappa shape index (κ2) is 9.60. The van der Waals surface area contributed by atoms with Gasteiger partial charge in [0, 0.05) is 43.3 Å². The number of hydrogen-bond donors (Lipinski definition) is 2. The molecule has 3 rings (SSSR count). The number of aromatic nitrogens is 2. The van der Waals surface area contributed by atoms with E-state index in [1.807, 2.05) is 18.2 Å². The first kappa shape index (κ1) is 21.0. The van der Waals surface area contributed by atoms with Crippen LogP contribution in [0.25, 0.3) is 0 Å². The van der Waals surface area contributed by atoms with E-state index < -0.39 is 0 Å². The number of guanidine groups is 1. The van der Waals surface area contributed by atoms with Crippen molar-refractivity contribution in [1.29, 1.82) is 0 Å². The van der Waals surface area contributed by atoms with Gasteiger partial charge in [-0.3, -0.25) is 9.67 Å². The normalized spacial score (nSPS) is 16.8. The number of halogens is 2. The van der Waals surface area contributed by atoms with Crippen LogP contribution < -0.4 is 10.6 Å². The summed E-state index contributed by atoms with van der Waals surface area (Å²) in [6, 6.07) is 8.63. The lowest BCUT2D eigenvalue weighted by molar-refractivity contribution is 0.499. The quantitative estimate of drug-likeness (QED) is 0.390. The predicted molar refractivity (Wildman–Crippen MR) is 119 cm³/mol. The van der Waals surface area contributed by atoms with Gasteiger partial charge in [0.1, 0.15) is 0 Å². The molecule has 1 aromatic heterocycles. The molecule has 0 amide bonds. The van der Waals surface area contributed by atoms with Crippen molar-refractivity contribution >= 4 is 41.5 Å². The lowest BCUT2D eigenvalue weighted by atomic mass is 9.94. The fourth-order valence-electron chi connectivity index (χ4n) is 3.12. The minimum atomic E-state index is 0. The van der Waals surface area contributed by atoms with Crippen LogP contribution in [0.4, 0.5) is 0 Å². The predicted octanol–water partition coefficient (Wildman–Crippen LogP) is 3.96. The third-order valence-electron chi connectivity index (χ3n) is 4.54. The van der Waals surface area contributed by atoms with Crippen molar-refractivity contribution in [2.45, 2.75) is 51.7 Å². The molecule has 1 aromatic carbocycles. The molecule has 0 saturated carbocycles. The molecular weight excluding hydrogens is 461 g/mol. The van der Waals surface area contributed by atoms with E-state index in [2.05, 4.69) is 46.4 Å². The molecule has 2 N–H and O–H groups in total. The van der Waals surface area contributed by atoms with Crippen molar-refractivity contribution in [2.24, 2.45) is 4.99 Å². The average Bonchev–Trinajstić information content (AvgIpc) is 3.02. The molecular formula is C19H27ClIN5. The lowest BCUT2D eigenvalue weighted by Gasteiger charge is -2.24. The van der Waals surface area contributed by atoms with Crippen LogP contribution in [0, 0.1) is 0 Å². The minimum absolute atomic E-state index is 0. The summed E-state index contributed by atoms with van der Waals surface area (Å²) in [5.74, 6) is 0.816. The zero-order valence-corrected chi connectivity index (χ0v) is 18.6. The van der Waals surface area contributed by atoms with E-state index in [1.165, 1.54) is 11.3 Å². The number of hydrogen-bond acceptors (Lipinski definition) is 2. The van der Waals surface area contributed by atoms with Gasteiger partial charge in [-0.2, -0.15) is 5.10 Å². The monoisotopic (exact) mass is 487 g/mol. The molecule has 0 saturated heterocycles. The molecule has 0 aliphatic heterocycles. The number of nitrogens with zero attached hydrogens (tertiary/aromatic N) is 3. The van der Waals surface area contributed by atoms with E-state index in [1.54, 1.807) is 7.05 Å². The Bertz CT molecular complexity index is 756.